The van der Waals surface area contributed by atoms with Gasteiger partial charge in [0.1, 0.15) is 33.5 Å². The highest BCUT2D eigenvalue weighted by molar-refractivity contribution is 7.14. The molecule has 2 unspecified atom stereocenters. The van der Waals surface area contributed by atoms with Crippen LogP contribution in [0.25, 0.3) is 0 Å². The third kappa shape index (κ3) is 6.20. The molecule has 0 heterocycles. The summed E-state index contributed by atoms with van der Waals surface area (Å²) in [5, 5.41) is 3.74. The second-order valence-electron chi connectivity index (χ2n) is 9.08. The lowest BCUT2D eigenvalue weighted by molar-refractivity contribution is 0.340. The predicted octanol–water partition coefficient (Wildman–Crippen LogP) is 6.23. The highest BCUT2D eigenvalue weighted by Gasteiger charge is 2.46. The lowest BCUT2D eigenvalue weighted by atomic mass is 10.3. The minimum atomic E-state index is -2.46. The molecule has 0 N–H and O–H groups in total. The fraction of sp³-hybridized carbons (Fsp3) is 0.267. The maximum absolute atomic E-state index is 14.0. The summed E-state index contributed by atoms with van der Waals surface area (Å²) in [6.07, 6.45) is 4.03. The van der Waals surface area contributed by atoms with Crippen LogP contribution in [0.15, 0.2) is 98.1 Å². The first-order valence-corrected chi connectivity index (χ1v) is 18.0. The molecule has 3 aromatic rings. The number of ether oxygens (including phenoxy) is 2. The molecule has 3 aromatic carbocycles. The third-order valence-corrected chi connectivity index (χ3v) is 20.5. The number of allylic oxidation sites excluding steroid dienone is 2. The van der Waals surface area contributed by atoms with Gasteiger partial charge in [-0.25, -0.2) is 4.39 Å². The Morgan fingerprint density at radius 2 is 1.17 bits per heavy atom. The van der Waals surface area contributed by atoms with Crippen LogP contribution in [0, 0.1) is 5.82 Å². The van der Waals surface area contributed by atoms with Crippen LogP contribution in [0.5, 0.6) is 11.5 Å². The topological polar surface area (TPSA) is 18.5 Å². The smallest absolute Gasteiger partial charge is 0.123 e. The number of hydrogen-bond donors (Lipinski definition) is 0. The average molecular weight is 539 g/mol. The van der Waals surface area contributed by atoms with Gasteiger partial charge in [-0.05, 0) is 68.0 Å². The Kier molecular flexibility index (Phi) is 10.2. The molecule has 0 fully saturated rings. The first-order chi connectivity index (χ1) is 17.5. The van der Waals surface area contributed by atoms with Crippen molar-refractivity contribution in [3.8, 4) is 11.5 Å². The van der Waals surface area contributed by atoms with Crippen molar-refractivity contribution in [1.29, 1.82) is 0 Å². The second kappa shape index (κ2) is 13.1. The van der Waals surface area contributed by atoms with E-state index in [-0.39, 0.29) is 5.82 Å². The van der Waals surface area contributed by atoms with E-state index < -0.39 is 16.1 Å². The van der Waals surface area contributed by atoms with E-state index in [1.807, 2.05) is 62.4 Å². The van der Waals surface area contributed by atoms with E-state index in [2.05, 4.69) is 37.4 Å². The van der Waals surface area contributed by atoms with Gasteiger partial charge in [-0.15, -0.1) is 24.8 Å². The number of benzene rings is 3. The molecular formula is C30H36ClFO2Si2. The Morgan fingerprint density at radius 3 is 1.58 bits per heavy atom. The molecule has 190 valence electrons. The van der Waals surface area contributed by atoms with Gasteiger partial charge in [0.25, 0.3) is 0 Å². The van der Waals surface area contributed by atoms with E-state index in [4.69, 9.17) is 21.1 Å². The monoisotopic (exact) mass is 538 g/mol. The van der Waals surface area contributed by atoms with Crippen LogP contribution in [0.3, 0.4) is 0 Å². The predicted molar refractivity (Wildman–Crippen MR) is 158 cm³/mol. The largest absolute Gasteiger partial charge is 0.494 e. The fourth-order valence-corrected chi connectivity index (χ4v) is 20.2. The van der Waals surface area contributed by atoms with Crippen molar-refractivity contribution in [2.75, 3.05) is 18.7 Å². The molecule has 6 heteroatoms. The van der Waals surface area contributed by atoms with Gasteiger partial charge in [0, 0.05) is 5.50 Å². The molecule has 2 nitrogen and oxygen atoms in total. The number of halogens is 2. The Morgan fingerprint density at radius 1 is 0.722 bits per heavy atom. The Labute approximate surface area is 222 Å². The third-order valence-electron chi connectivity index (χ3n) is 6.82. The van der Waals surface area contributed by atoms with Crippen molar-refractivity contribution >= 4 is 43.3 Å². The van der Waals surface area contributed by atoms with Crippen LogP contribution in [-0.4, -0.2) is 34.9 Å². The summed E-state index contributed by atoms with van der Waals surface area (Å²) in [6, 6.07) is 25.6. The number of hydrogen-bond acceptors (Lipinski definition) is 2. The SMILES string of the molecule is C=CC[Si](CCl)(C[Si](CC=C)(c1ccc(F)cc1)c1ccc(OCC)cc1)c1ccc(OCC)cc1. The van der Waals surface area contributed by atoms with Gasteiger partial charge in [0.15, 0.2) is 0 Å². The molecule has 3 rings (SSSR count). The highest BCUT2D eigenvalue weighted by atomic mass is 35.5. The summed E-state index contributed by atoms with van der Waals surface area (Å²) >= 11 is 6.91. The highest BCUT2D eigenvalue weighted by Crippen LogP contribution is 2.30. The molecular weight excluding hydrogens is 503 g/mol. The average Bonchev–Trinajstić information content (AvgIpc) is 2.90. The van der Waals surface area contributed by atoms with Crippen LogP contribution in [0.1, 0.15) is 13.8 Å². The summed E-state index contributed by atoms with van der Waals surface area (Å²) < 4.78 is 25.5. The van der Waals surface area contributed by atoms with Crippen LogP contribution in [-0.2, 0) is 0 Å². The second-order valence-corrected chi connectivity index (χ2v) is 18.8. The van der Waals surface area contributed by atoms with Gasteiger partial charge in [0.2, 0.25) is 0 Å². The zero-order chi connectivity index (χ0) is 26.0. The molecule has 0 aliphatic rings. The van der Waals surface area contributed by atoms with E-state index >= 15 is 0 Å². The molecule has 0 aliphatic heterocycles. The van der Waals surface area contributed by atoms with Gasteiger partial charge in [-0.1, -0.05) is 64.1 Å². The number of alkyl halides is 1. The first kappa shape index (κ1) is 28.0. The lowest BCUT2D eigenvalue weighted by Gasteiger charge is -2.41. The van der Waals surface area contributed by atoms with Crippen molar-refractivity contribution in [3.05, 3.63) is 104 Å². The Bertz CT molecular complexity index is 1120. The molecule has 0 aliphatic carbocycles. The summed E-state index contributed by atoms with van der Waals surface area (Å²) in [7, 11) is -4.76. The zero-order valence-electron chi connectivity index (χ0n) is 21.3. The van der Waals surface area contributed by atoms with Crippen molar-refractivity contribution < 1.29 is 13.9 Å². The quantitative estimate of drug-likeness (QED) is 0.137. The van der Waals surface area contributed by atoms with Crippen molar-refractivity contribution in [3.63, 3.8) is 0 Å². The zero-order valence-corrected chi connectivity index (χ0v) is 24.1. The van der Waals surface area contributed by atoms with Crippen molar-refractivity contribution in [2.45, 2.75) is 31.6 Å². The van der Waals surface area contributed by atoms with Gasteiger partial charge in [0.05, 0.1) is 13.2 Å². The van der Waals surface area contributed by atoms with E-state index in [9.17, 15) is 4.39 Å². The molecule has 0 saturated carbocycles. The van der Waals surface area contributed by atoms with E-state index in [0.717, 1.165) is 29.3 Å². The standard InChI is InChI=1S/C30H36ClFO2Si2/c1-5-21-35(23-31,28-17-11-26(12-18-28)33-7-3)24-36(22-6-2,29-15-9-25(32)10-16-29)30-19-13-27(14-20-30)34-8-4/h5-6,9-20H,1-2,7-8,21-24H2,3-4H3. The van der Waals surface area contributed by atoms with Gasteiger partial charge in [-0.3, -0.25) is 0 Å². The molecule has 0 saturated heterocycles. The molecule has 0 spiro atoms. The molecule has 0 bridgehead atoms. The maximum Gasteiger partial charge on any atom is 0.123 e. The maximum atomic E-state index is 14.0. The summed E-state index contributed by atoms with van der Waals surface area (Å²) in [5.74, 6) is 1.47. The van der Waals surface area contributed by atoms with Crippen LogP contribution in [0.4, 0.5) is 4.39 Å². The molecule has 36 heavy (non-hydrogen) atoms. The first-order valence-electron chi connectivity index (χ1n) is 12.5. The van der Waals surface area contributed by atoms with E-state index in [0.29, 0.717) is 18.7 Å². The normalized spacial score (nSPS) is 14.3. The van der Waals surface area contributed by atoms with Crippen molar-refractivity contribution in [2.24, 2.45) is 0 Å². The van der Waals surface area contributed by atoms with Gasteiger partial charge < -0.3 is 9.47 Å². The van der Waals surface area contributed by atoms with Crippen LogP contribution < -0.4 is 25.0 Å². The minimum Gasteiger partial charge on any atom is -0.494 e. The molecule has 2 atom stereocenters. The summed E-state index contributed by atoms with van der Waals surface area (Å²) in [6.45, 7) is 13.5. The van der Waals surface area contributed by atoms with Crippen LogP contribution >= 0.6 is 11.6 Å². The summed E-state index contributed by atoms with van der Waals surface area (Å²) in [5.41, 5.74) is 1.52. The molecule has 0 amide bonds. The Hall–Kier alpha value is -2.61. The minimum absolute atomic E-state index is 0.231. The van der Waals surface area contributed by atoms with Crippen molar-refractivity contribution in [1.82, 2.24) is 0 Å². The lowest BCUT2D eigenvalue weighted by Crippen LogP contribution is -2.66. The van der Waals surface area contributed by atoms with Crippen LogP contribution in [0.2, 0.25) is 17.8 Å². The van der Waals surface area contributed by atoms with Gasteiger partial charge >= 0.3 is 0 Å². The Balaban J connectivity index is 2.22. The van der Waals surface area contributed by atoms with E-state index in [1.165, 1.54) is 15.6 Å². The number of rotatable bonds is 14. The van der Waals surface area contributed by atoms with Gasteiger partial charge in [-0.2, -0.15) is 0 Å². The van der Waals surface area contributed by atoms with E-state index in [1.54, 1.807) is 12.1 Å². The molecule has 0 aromatic heterocycles. The molecule has 0 radical (unpaired) electrons. The fourth-order valence-electron chi connectivity index (χ4n) is 5.13. The summed E-state index contributed by atoms with van der Waals surface area (Å²) in [4.78, 5) is 0.